The Morgan fingerprint density at radius 2 is 1.12 bits per heavy atom. The summed E-state index contributed by atoms with van der Waals surface area (Å²) in [4.78, 5) is 45.2. The Labute approximate surface area is 145 Å². The van der Waals surface area contributed by atoms with Gasteiger partial charge >= 0.3 is 24.1 Å². The van der Waals surface area contributed by atoms with Crippen molar-refractivity contribution in [3.8, 4) is 0 Å². The molecule has 0 saturated carbocycles. The third-order valence-corrected chi connectivity index (χ3v) is 3.26. The number of carbonyl (C=O) groups excluding carboxylic acids is 2. The normalized spacial score (nSPS) is 12.7. The molecule has 25 heavy (non-hydrogen) atoms. The topological polar surface area (TPSA) is 194 Å². The Morgan fingerprint density at radius 1 is 0.760 bits per heavy atom. The summed E-state index contributed by atoms with van der Waals surface area (Å²) < 4.78 is 4.35. The Balaban J connectivity index is 4.42. The number of ether oxygens (including phenoxy) is 1. The zero-order valence-electron chi connectivity index (χ0n) is 13.9. The molecular weight excluding hydrogens is 336 g/mol. The maximum absolute atomic E-state index is 11.6. The number of unbranched alkanes of at least 4 members (excludes halogenated alkanes) is 2. The molecule has 0 aromatic rings. The highest BCUT2D eigenvalue weighted by Crippen LogP contribution is 2.03. The number of amides is 2. The van der Waals surface area contributed by atoms with Crippen LogP contribution in [0, 0.1) is 0 Å². The van der Waals surface area contributed by atoms with E-state index < -0.39 is 36.2 Å². The van der Waals surface area contributed by atoms with E-state index in [9.17, 15) is 19.2 Å². The van der Waals surface area contributed by atoms with E-state index in [0.29, 0.717) is 38.8 Å². The predicted molar refractivity (Wildman–Crippen MR) is 86.8 cm³/mol. The summed E-state index contributed by atoms with van der Waals surface area (Å²) in [6.45, 7) is 0.778. The molecule has 0 aliphatic rings. The second kappa shape index (κ2) is 13.0. The summed E-state index contributed by atoms with van der Waals surface area (Å²) >= 11 is 0. The van der Waals surface area contributed by atoms with Crippen LogP contribution in [0.5, 0.6) is 0 Å². The fraction of sp³-hybridized carbons (Fsp3) is 0.714. The number of aliphatic carboxylic acids is 2. The first-order chi connectivity index (χ1) is 11.8. The van der Waals surface area contributed by atoms with Crippen molar-refractivity contribution in [1.29, 1.82) is 0 Å². The standard InChI is InChI=1S/C14H26N4O7/c15-7-3-1-5-9(11(19)20)17-13(23)25-14(24)18-10(12(21)22)6-2-4-8-16/h9-10H,1-8,15-16H2,(H,17,23)(H,18,24)(H,19,20)(H,21,22). The average Bonchev–Trinajstić information content (AvgIpc) is 2.52. The van der Waals surface area contributed by atoms with E-state index >= 15 is 0 Å². The van der Waals surface area contributed by atoms with E-state index in [1.54, 1.807) is 0 Å². The molecular formula is C14H26N4O7. The first-order valence-electron chi connectivity index (χ1n) is 7.96. The van der Waals surface area contributed by atoms with Gasteiger partial charge in [-0.25, -0.2) is 19.2 Å². The highest BCUT2D eigenvalue weighted by atomic mass is 16.6. The summed E-state index contributed by atoms with van der Waals surface area (Å²) in [7, 11) is 0. The number of carboxylic acids is 2. The molecule has 2 atom stereocenters. The number of alkyl carbamates (subject to hydrolysis) is 2. The highest BCUT2D eigenvalue weighted by molar-refractivity contribution is 5.88. The fourth-order valence-corrected chi connectivity index (χ4v) is 1.93. The van der Waals surface area contributed by atoms with Gasteiger partial charge < -0.3 is 37.1 Å². The number of carboxylic acid groups (broad SMARTS) is 2. The van der Waals surface area contributed by atoms with Crippen molar-refractivity contribution in [2.75, 3.05) is 13.1 Å². The van der Waals surface area contributed by atoms with Crippen LogP contribution in [0.1, 0.15) is 38.5 Å². The van der Waals surface area contributed by atoms with Crippen molar-refractivity contribution < 1.29 is 34.1 Å². The maximum atomic E-state index is 11.6. The summed E-state index contributed by atoms with van der Waals surface area (Å²) in [5, 5.41) is 22.1. The van der Waals surface area contributed by atoms with E-state index in [-0.39, 0.29) is 12.8 Å². The Kier molecular flexibility index (Phi) is 11.7. The molecule has 11 nitrogen and oxygen atoms in total. The van der Waals surface area contributed by atoms with Gasteiger partial charge in [0.05, 0.1) is 0 Å². The van der Waals surface area contributed by atoms with E-state index in [4.69, 9.17) is 21.7 Å². The molecule has 2 unspecified atom stereocenters. The third-order valence-electron chi connectivity index (χ3n) is 3.26. The highest BCUT2D eigenvalue weighted by Gasteiger charge is 2.24. The lowest BCUT2D eigenvalue weighted by molar-refractivity contribution is -0.140. The molecule has 0 rings (SSSR count). The molecule has 0 aliphatic heterocycles. The fourth-order valence-electron chi connectivity index (χ4n) is 1.93. The number of rotatable bonds is 12. The van der Waals surface area contributed by atoms with Crippen LogP contribution >= 0.6 is 0 Å². The van der Waals surface area contributed by atoms with Crippen molar-refractivity contribution in [3.63, 3.8) is 0 Å². The molecule has 0 spiro atoms. The first kappa shape index (κ1) is 22.6. The van der Waals surface area contributed by atoms with Gasteiger partial charge in [0.25, 0.3) is 0 Å². The number of hydrogen-bond acceptors (Lipinski definition) is 7. The van der Waals surface area contributed by atoms with Crippen LogP contribution in [0.4, 0.5) is 9.59 Å². The summed E-state index contributed by atoms with van der Waals surface area (Å²) in [6.07, 6.45) is -0.175. The molecule has 0 heterocycles. The Bertz CT molecular complexity index is 418. The monoisotopic (exact) mass is 362 g/mol. The van der Waals surface area contributed by atoms with Gasteiger partial charge in [0.1, 0.15) is 12.1 Å². The van der Waals surface area contributed by atoms with Crippen molar-refractivity contribution in [3.05, 3.63) is 0 Å². The molecule has 0 aromatic carbocycles. The SMILES string of the molecule is NCCCCC(NC(=O)OC(=O)NC(CCCCN)C(=O)O)C(=O)O. The molecule has 144 valence electrons. The average molecular weight is 362 g/mol. The van der Waals surface area contributed by atoms with Crippen LogP contribution in [0.3, 0.4) is 0 Å². The number of nitrogens with two attached hydrogens (primary N) is 2. The molecule has 0 fully saturated rings. The minimum Gasteiger partial charge on any atom is -0.480 e. The molecule has 0 saturated heterocycles. The second-order valence-electron chi connectivity index (χ2n) is 5.32. The zero-order chi connectivity index (χ0) is 19.2. The van der Waals surface area contributed by atoms with Gasteiger partial charge in [-0.3, -0.25) is 0 Å². The molecule has 0 aliphatic carbocycles. The van der Waals surface area contributed by atoms with Gasteiger partial charge in [-0.05, 0) is 51.6 Å². The minimum atomic E-state index is -1.28. The quantitative estimate of drug-likeness (QED) is 0.197. The van der Waals surface area contributed by atoms with Gasteiger partial charge in [0.2, 0.25) is 0 Å². The Morgan fingerprint density at radius 3 is 1.40 bits per heavy atom. The maximum Gasteiger partial charge on any atom is 0.416 e. The minimum absolute atomic E-state index is 0.125. The van der Waals surface area contributed by atoms with Crippen molar-refractivity contribution in [2.45, 2.75) is 50.6 Å². The summed E-state index contributed by atoms with van der Waals surface area (Å²) in [6, 6.07) is -2.46. The van der Waals surface area contributed by atoms with E-state index in [1.807, 2.05) is 10.6 Å². The molecule has 8 N–H and O–H groups in total. The summed E-state index contributed by atoms with van der Waals surface area (Å²) in [5.74, 6) is -2.56. The van der Waals surface area contributed by atoms with E-state index in [0.717, 1.165) is 0 Å². The first-order valence-corrected chi connectivity index (χ1v) is 7.96. The lowest BCUT2D eigenvalue weighted by Gasteiger charge is -2.16. The lowest BCUT2D eigenvalue weighted by Crippen LogP contribution is -2.46. The molecule has 2 amide bonds. The van der Waals surface area contributed by atoms with Crippen LogP contribution in [0.15, 0.2) is 0 Å². The summed E-state index contributed by atoms with van der Waals surface area (Å²) in [5.41, 5.74) is 10.6. The van der Waals surface area contributed by atoms with E-state index in [1.165, 1.54) is 0 Å². The van der Waals surface area contributed by atoms with Gasteiger partial charge in [-0.15, -0.1) is 0 Å². The largest absolute Gasteiger partial charge is 0.480 e. The third kappa shape index (κ3) is 10.9. The smallest absolute Gasteiger partial charge is 0.416 e. The van der Waals surface area contributed by atoms with Crippen LogP contribution in [-0.4, -0.2) is 59.5 Å². The molecule has 11 heteroatoms. The van der Waals surface area contributed by atoms with Gasteiger partial charge in [-0.1, -0.05) is 0 Å². The molecule has 0 bridgehead atoms. The van der Waals surface area contributed by atoms with Crippen LogP contribution in [0.25, 0.3) is 0 Å². The van der Waals surface area contributed by atoms with Gasteiger partial charge in [0, 0.05) is 0 Å². The number of carbonyl (C=O) groups is 4. The second-order valence-corrected chi connectivity index (χ2v) is 5.32. The number of nitrogens with one attached hydrogen (secondary N) is 2. The van der Waals surface area contributed by atoms with Crippen molar-refractivity contribution in [2.24, 2.45) is 11.5 Å². The van der Waals surface area contributed by atoms with Gasteiger partial charge in [-0.2, -0.15) is 0 Å². The number of hydrogen-bond donors (Lipinski definition) is 6. The van der Waals surface area contributed by atoms with Gasteiger partial charge in [0.15, 0.2) is 0 Å². The van der Waals surface area contributed by atoms with Crippen LogP contribution in [0.2, 0.25) is 0 Å². The molecule has 0 aromatic heterocycles. The van der Waals surface area contributed by atoms with Crippen molar-refractivity contribution in [1.82, 2.24) is 10.6 Å². The van der Waals surface area contributed by atoms with Crippen molar-refractivity contribution >= 4 is 24.1 Å². The van der Waals surface area contributed by atoms with Crippen LogP contribution in [-0.2, 0) is 14.3 Å². The van der Waals surface area contributed by atoms with Crippen LogP contribution < -0.4 is 22.1 Å². The van der Waals surface area contributed by atoms with E-state index in [2.05, 4.69) is 4.74 Å². The zero-order valence-corrected chi connectivity index (χ0v) is 13.9. The Hall–Kier alpha value is -2.40. The lowest BCUT2D eigenvalue weighted by atomic mass is 10.1. The predicted octanol–water partition coefficient (Wildman–Crippen LogP) is -0.413. The molecule has 0 radical (unpaired) electrons.